The van der Waals surface area contributed by atoms with Gasteiger partial charge in [0.15, 0.2) is 0 Å². The highest BCUT2D eigenvalue weighted by Crippen LogP contribution is 2.24. The third-order valence-corrected chi connectivity index (χ3v) is 3.58. The summed E-state index contributed by atoms with van der Waals surface area (Å²) in [5.41, 5.74) is 0.781. The first kappa shape index (κ1) is 16.7. The predicted octanol–water partition coefficient (Wildman–Crippen LogP) is 1.65. The Hall–Kier alpha value is -1.39. The number of aryl methyl sites for hydroxylation is 1. The van der Waals surface area contributed by atoms with Crippen molar-refractivity contribution in [1.29, 1.82) is 0 Å². The Morgan fingerprint density at radius 3 is 2.35 bits per heavy atom. The summed E-state index contributed by atoms with van der Waals surface area (Å²) in [5, 5.41) is 21.3. The Kier molecular flexibility index (Phi) is 7.26. The monoisotopic (exact) mass is 279 g/mol. The summed E-state index contributed by atoms with van der Waals surface area (Å²) in [7, 11) is 0. The van der Waals surface area contributed by atoms with Gasteiger partial charge in [0.25, 0.3) is 0 Å². The van der Waals surface area contributed by atoms with Gasteiger partial charge in [0, 0.05) is 25.7 Å². The quantitative estimate of drug-likeness (QED) is 0.644. The Morgan fingerprint density at radius 1 is 1.10 bits per heavy atom. The van der Waals surface area contributed by atoms with Crippen LogP contribution in [0.4, 0.5) is 0 Å². The Balaban J connectivity index is 2.75. The number of benzene rings is 1. The van der Waals surface area contributed by atoms with Crippen LogP contribution in [-0.2, 0) is 11.2 Å². The van der Waals surface area contributed by atoms with Gasteiger partial charge < -0.3 is 15.5 Å². The number of aliphatic hydroxyl groups excluding tert-OH is 2. The second-order valence-electron chi connectivity index (χ2n) is 5.25. The minimum atomic E-state index is -0.431. The summed E-state index contributed by atoms with van der Waals surface area (Å²) >= 11 is 0. The highest BCUT2D eigenvalue weighted by Gasteiger charge is 2.29. The molecule has 0 aromatic heterocycles. The van der Waals surface area contributed by atoms with E-state index in [4.69, 9.17) is 5.11 Å². The van der Waals surface area contributed by atoms with Crippen LogP contribution in [0.1, 0.15) is 38.2 Å². The highest BCUT2D eigenvalue weighted by molar-refractivity contribution is 5.73. The average Bonchev–Trinajstić information content (AvgIpc) is 2.44. The summed E-state index contributed by atoms with van der Waals surface area (Å²) in [6.07, 6.45) is 3.41. The molecule has 3 N–H and O–H groups in total. The maximum absolute atomic E-state index is 11.5. The van der Waals surface area contributed by atoms with E-state index in [-0.39, 0.29) is 19.1 Å². The Labute approximate surface area is 120 Å². The van der Waals surface area contributed by atoms with Crippen LogP contribution in [0.3, 0.4) is 0 Å². The van der Waals surface area contributed by atoms with Crippen LogP contribution in [0, 0.1) is 0 Å². The van der Waals surface area contributed by atoms with Crippen LogP contribution in [0.15, 0.2) is 30.3 Å². The molecular weight excluding hydrogens is 254 g/mol. The fourth-order valence-electron chi connectivity index (χ4n) is 2.60. The normalized spacial score (nSPS) is 13.8. The number of hydrogen-bond donors (Lipinski definition) is 3. The van der Waals surface area contributed by atoms with Gasteiger partial charge in [-0.3, -0.25) is 4.79 Å². The van der Waals surface area contributed by atoms with Crippen LogP contribution in [-0.4, -0.2) is 34.9 Å². The molecule has 0 radical (unpaired) electrons. The zero-order valence-electron chi connectivity index (χ0n) is 12.1. The minimum Gasteiger partial charge on any atom is -0.396 e. The number of hydrogen-bond acceptors (Lipinski definition) is 3. The molecule has 4 nitrogen and oxygen atoms in total. The fraction of sp³-hybridized carbons (Fsp3) is 0.562. The molecule has 1 atom stereocenters. The molecule has 0 saturated heterocycles. The third kappa shape index (κ3) is 5.72. The zero-order valence-corrected chi connectivity index (χ0v) is 12.1. The molecule has 1 rings (SSSR count). The summed E-state index contributed by atoms with van der Waals surface area (Å²) < 4.78 is 0. The van der Waals surface area contributed by atoms with Crippen molar-refractivity contribution in [2.24, 2.45) is 0 Å². The second kappa shape index (κ2) is 8.72. The highest BCUT2D eigenvalue weighted by atomic mass is 16.3. The van der Waals surface area contributed by atoms with Crippen molar-refractivity contribution in [1.82, 2.24) is 5.32 Å². The van der Waals surface area contributed by atoms with Gasteiger partial charge in [-0.1, -0.05) is 30.3 Å². The number of carbonyl (C=O) groups excluding carboxylic acids is 1. The van der Waals surface area contributed by atoms with Crippen LogP contribution >= 0.6 is 0 Å². The number of aliphatic hydroxyl groups is 2. The summed E-state index contributed by atoms with van der Waals surface area (Å²) in [6.45, 7) is 1.62. The smallest absolute Gasteiger partial charge is 0.217 e. The zero-order chi connectivity index (χ0) is 14.8. The van der Waals surface area contributed by atoms with Crippen LogP contribution in [0.25, 0.3) is 0 Å². The Bertz CT molecular complexity index is 394. The molecule has 4 heteroatoms. The molecule has 0 aliphatic carbocycles. The molecule has 112 valence electrons. The lowest BCUT2D eigenvalue weighted by atomic mass is 9.84. The SMILES string of the molecule is CC(=O)NC(CCO)(CCCO)CCc1ccccc1. The summed E-state index contributed by atoms with van der Waals surface area (Å²) in [6, 6.07) is 10.1. The van der Waals surface area contributed by atoms with Gasteiger partial charge in [0.2, 0.25) is 5.91 Å². The van der Waals surface area contributed by atoms with Gasteiger partial charge in [-0.25, -0.2) is 0 Å². The van der Waals surface area contributed by atoms with E-state index in [1.165, 1.54) is 12.5 Å². The van der Waals surface area contributed by atoms with Crippen molar-refractivity contribution >= 4 is 5.91 Å². The van der Waals surface area contributed by atoms with Gasteiger partial charge in [-0.05, 0) is 37.7 Å². The van der Waals surface area contributed by atoms with E-state index in [1.807, 2.05) is 18.2 Å². The molecule has 0 bridgehead atoms. The molecule has 20 heavy (non-hydrogen) atoms. The van der Waals surface area contributed by atoms with Gasteiger partial charge >= 0.3 is 0 Å². The van der Waals surface area contributed by atoms with E-state index < -0.39 is 5.54 Å². The van der Waals surface area contributed by atoms with Crippen molar-refractivity contribution in [2.45, 2.75) is 44.6 Å². The lowest BCUT2D eigenvalue weighted by Crippen LogP contribution is -2.49. The molecule has 0 saturated carbocycles. The molecule has 0 aliphatic rings. The van der Waals surface area contributed by atoms with Gasteiger partial charge in [0.1, 0.15) is 0 Å². The third-order valence-electron chi connectivity index (χ3n) is 3.58. The van der Waals surface area contributed by atoms with Crippen LogP contribution in [0.5, 0.6) is 0 Å². The largest absolute Gasteiger partial charge is 0.396 e. The van der Waals surface area contributed by atoms with E-state index in [2.05, 4.69) is 17.4 Å². The topological polar surface area (TPSA) is 69.6 Å². The average molecular weight is 279 g/mol. The first-order valence-corrected chi connectivity index (χ1v) is 7.16. The van der Waals surface area contributed by atoms with Gasteiger partial charge in [-0.15, -0.1) is 0 Å². The van der Waals surface area contributed by atoms with Crippen LogP contribution in [0.2, 0.25) is 0 Å². The maximum Gasteiger partial charge on any atom is 0.217 e. The van der Waals surface area contributed by atoms with E-state index in [0.717, 1.165) is 12.8 Å². The van der Waals surface area contributed by atoms with Crippen LogP contribution < -0.4 is 5.32 Å². The van der Waals surface area contributed by atoms with Gasteiger partial charge in [-0.2, -0.15) is 0 Å². The molecule has 1 aromatic rings. The standard InChI is InChI=1S/C16H25NO3/c1-14(20)17-16(11-13-19,9-5-12-18)10-8-15-6-3-2-4-7-15/h2-4,6-7,18-19H,5,8-13H2,1H3,(H,17,20). The number of amides is 1. The maximum atomic E-state index is 11.5. The van der Waals surface area contributed by atoms with E-state index >= 15 is 0 Å². The van der Waals surface area contributed by atoms with Crippen molar-refractivity contribution in [3.63, 3.8) is 0 Å². The molecule has 0 spiro atoms. The molecule has 1 amide bonds. The van der Waals surface area contributed by atoms with E-state index in [0.29, 0.717) is 19.3 Å². The molecule has 0 fully saturated rings. The Morgan fingerprint density at radius 2 is 1.80 bits per heavy atom. The molecule has 0 aliphatic heterocycles. The minimum absolute atomic E-state index is 0.0283. The van der Waals surface area contributed by atoms with E-state index in [9.17, 15) is 9.90 Å². The van der Waals surface area contributed by atoms with Crippen molar-refractivity contribution < 1.29 is 15.0 Å². The predicted molar refractivity (Wildman–Crippen MR) is 79.3 cm³/mol. The molecule has 1 unspecified atom stereocenters. The first-order chi connectivity index (χ1) is 9.62. The summed E-state index contributed by atoms with van der Waals surface area (Å²) in [5.74, 6) is -0.0931. The summed E-state index contributed by atoms with van der Waals surface area (Å²) in [4.78, 5) is 11.5. The van der Waals surface area contributed by atoms with Crippen molar-refractivity contribution in [2.75, 3.05) is 13.2 Å². The van der Waals surface area contributed by atoms with Crippen molar-refractivity contribution in [3.8, 4) is 0 Å². The van der Waals surface area contributed by atoms with Gasteiger partial charge in [0.05, 0.1) is 0 Å². The van der Waals surface area contributed by atoms with Crippen molar-refractivity contribution in [3.05, 3.63) is 35.9 Å². The second-order valence-corrected chi connectivity index (χ2v) is 5.25. The lowest BCUT2D eigenvalue weighted by molar-refractivity contribution is -0.121. The number of nitrogens with one attached hydrogen (secondary N) is 1. The molecular formula is C16H25NO3. The molecule has 1 aromatic carbocycles. The fourth-order valence-corrected chi connectivity index (χ4v) is 2.60. The van der Waals surface area contributed by atoms with E-state index in [1.54, 1.807) is 0 Å². The molecule has 0 heterocycles. The first-order valence-electron chi connectivity index (χ1n) is 7.16. The number of carbonyl (C=O) groups is 1. The lowest BCUT2D eigenvalue weighted by Gasteiger charge is -2.34. The number of rotatable bonds is 9.